The molecule has 1 amide bonds. The maximum atomic E-state index is 13.6. The van der Waals surface area contributed by atoms with Crippen LogP contribution in [0.2, 0.25) is 5.02 Å². The van der Waals surface area contributed by atoms with E-state index in [1.807, 2.05) is 13.8 Å². The summed E-state index contributed by atoms with van der Waals surface area (Å²) in [6.45, 7) is 4.16. The van der Waals surface area contributed by atoms with Crippen molar-refractivity contribution < 1.29 is 22.4 Å². The molecule has 1 aliphatic rings. The lowest BCUT2D eigenvalue weighted by Gasteiger charge is -2.32. The quantitative estimate of drug-likeness (QED) is 0.821. The average molecular weight is 391 g/mol. The molecule has 0 unspecified atom stereocenters. The van der Waals surface area contributed by atoms with E-state index in [2.05, 4.69) is 15.7 Å². The molecule has 0 fully saturated rings. The molecule has 3 heterocycles. The van der Waals surface area contributed by atoms with E-state index in [-0.39, 0.29) is 28.9 Å². The Kier molecular flexibility index (Phi) is 4.92. The normalized spacial score (nSPS) is 20.0. The van der Waals surface area contributed by atoms with Crippen LogP contribution in [-0.4, -0.2) is 28.4 Å². The summed E-state index contributed by atoms with van der Waals surface area (Å²) in [6.07, 6.45) is -3.49. The predicted molar refractivity (Wildman–Crippen MR) is 89.2 cm³/mol. The van der Waals surface area contributed by atoms with Gasteiger partial charge in [-0.05, 0) is 18.1 Å². The van der Waals surface area contributed by atoms with Crippen molar-refractivity contribution in [2.45, 2.75) is 38.5 Å². The second-order valence-electron chi connectivity index (χ2n) is 6.57. The molecule has 2 N–H and O–H groups in total. The highest BCUT2D eigenvalue weighted by molar-refractivity contribution is 6.36. The van der Waals surface area contributed by atoms with Gasteiger partial charge in [0.1, 0.15) is 16.6 Å². The van der Waals surface area contributed by atoms with Crippen molar-refractivity contribution in [3.8, 4) is 0 Å². The summed E-state index contributed by atoms with van der Waals surface area (Å²) in [5.41, 5.74) is -0.232. The molecule has 0 spiro atoms. The number of nitrogens with one attached hydrogen (secondary N) is 2. The zero-order valence-electron chi connectivity index (χ0n) is 14.1. The van der Waals surface area contributed by atoms with Crippen LogP contribution in [0.5, 0.6) is 0 Å². The third-order valence-corrected chi connectivity index (χ3v) is 4.43. The number of hydrogen-bond acceptors (Lipinski definition) is 4. The summed E-state index contributed by atoms with van der Waals surface area (Å²) in [5, 5.41) is 9.23. The SMILES string of the molecule is CC(C)CNC(=O)c1nn2c(c1Cl)N[C@H](c1ccco1)C[C@@H]2C(F)(F)F. The second kappa shape index (κ2) is 6.86. The molecule has 2 aromatic rings. The van der Waals surface area contributed by atoms with E-state index in [0.29, 0.717) is 12.3 Å². The molecule has 26 heavy (non-hydrogen) atoms. The molecule has 0 aromatic carbocycles. The van der Waals surface area contributed by atoms with Crippen LogP contribution in [0.4, 0.5) is 19.0 Å². The number of carbonyl (C=O) groups excluding carboxylic acids is 1. The first kappa shape index (κ1) is 18.6. The average Bonchev–Trinajstić information content (AvgIpc) is 3.19. The molecule has 2 atom stereocenters. The van der Waals surface area contributed by atoms with Crippen molar-refractivity contribution >= 4 is 23.3 Å². The Labute approximate surface area is 152 Å². The molecule has 0 aliphatic carbocycles. The maximum absolute atomic E-state index is 13.6. The number of furan rings is 1. The Morgan fingerprint density at radius 3 is 2.85 bits per heavy atom. The van der Waals surface area contributed by atoms with Gasteiger partial charge in [0.25, 0.3) is 5.91 Å². The Morgan fingerprint density at radius 2 is 2.27 bits per heavy atom. The van der Waals surface area contributed by atoms with E-state index in [1.165, 1.54) is 6.26 Å². The molecule has 0 saturated carbocycles. The third-order valence-electron chi connectivity index (χ3n) is 4.07. The van der Waals surface area contributed by atoms with Crippen molar-refractivity contribution in [2.24, 2.45) is 5.92 Å². The first-order valence-electron chi connectivity index (χ1n) is 8.11. The lowest BCUT2D eigenvalue weighted by Crippen LogP contribution is -2.35. The lowest BCUT2D eigenvalue weighted by atomic mass is 10.0. The molecule has 2 aromatic heterocycles. The molecule has 6 nitrogen and oxygen atoms in total. The summed E-state index contributed by atoms with van der Waals surface area (Å²) in [6, 6.07) is 0.530. The molecular formula is C16H18ClF3N4O2. The Balaban J connectivity index is 1.97. The fourth-order valence-electron chi connectivity index (χ4n) is 2.79. The number of nitrogens with zero attached hydrogens (tertiary/aromatic N) is 2. The van der Waals surface area contributed by atoms with Gasteiger partial charge in [-0.15, -0.1) is 0 Å². The zero-order valence-corrected chi connectivity index (χ0v) is 14.9. The van der Waals surface area contributed by atoms with E-state index in [1.54, 1.807) is 12.1 Å². The van der Waals surface area contributed by atoms with Crippen molar-refractivity contribution in [1.82, 2.24) is 15.1 Å². The van der Waals surface area contributed by atoms with Gasteiger partial charge in [0.05, 0.1) is 12.3 Å². The number of fused-ring (bicyclic) bond motifs is 1. The molecule has 142 valence electrons. The first-order chi connectivity index (χ1) is 12.2. The third kappa shape index (κ3) is 3.53. The summed E-state index contributed by atoms with van der Waals surface area (Å²) in [4.78, 5) is 12.3. The summed E-state index contributed by atoms with van der Waals surface area (Å²) in [5.74, 6) is -0.118. The van der Waals surface area contributed by atoms with E-state index in [0.717, 1.165) is 4.68 Å². The standard InChI is InChI=1S/C16H18ClF3N4O2/c1-8(2)7-21-15(25)13-12(17)14-22-9(10-4-3-5-26-10)6-11(16(18,19)20)24(14)23-13/h3-5,8-9,11,22H,6-7H2,1-2H3,(H,21,25)/t9-,11+/m0/s1. The molecule has 0 saturated heterocycles. The summed E-state index contributed by atoms with van der Waals surface area (Å²) >= 11 is 6.19. The molecule has 3 rings (SSSR count). The van der Waals surface area contributed by atoms with Gasteiger partial charge in [-0.25, -0.2) is 4.68 Å². The predicted octanol–water partition coefficient (Wildman–Crippen LogP) is 4.18. The van der Waals surface area contributed by atoms with Crippen LogP contribution in [0.3, 0.4) is 0 Å². The number of hydrogen-bond donors (Lipinski definition) is 2. The smallest absolute Gasteiger partial charge is 0.410 e. The van der Waals surface area contributed by atoms with E-state index in [4.69, 9.17) is 16.0 Å². The van der Waals surface area contributed by atoms with Gasteiger partial charge < -0.3 is 15.1 Å². The highest BCUT2D eigenvalue weighted by atomic mass is 35.5. The monoisotopic (exact) mass is 390 g/mol. The minimum absolute atomic E-state index is 0.0451. The Morgan fingerprint density at radius 1 is 1.54 bits per heavy atom. The second-order valence-corrected chi connectivity index (χ2v) is 6.94. The summed E-state index contributed by atoms with van der Waals surface area (Å²) in [7, 11) is 0. The number of carbonyl (C=O) groups is 1. The van der Waals surface area contributed by atoms with Crippen LogP contribution in [0.15, 0.2) is 22.8 Å². The van der Waals surface area contributed by atoms with E-state index in [9.17, 15) is 18.0 Å². The van der Waals surface area contributed by atoms with Crippen molar-refractivity contribution in [2.75, 3.05) is 11.9 Å². The van der Waals surface area contributed by atoms with Crippen molar-refractivity contribution in [3.05, 3.63) is 34.9 Å². The van der Waals surface area contributed by atoms with E-state index >= 15 is 0 Å². The fourth-order valence-corrected chi connectivity index (χ4v) is 3.06. The van der Waals surface area contributed by atoms with Crippen molar-refractivity contribution in [1.29, 1.82) is 0 Å². The number of halogens is 4. The van der Waals surface area contributed by atoms with E-state index < -0.39 is 24.2 Å². The number of alkyl halides is 3. The topological polar surface area (TPSA) is 72.1 Å². The van der Waals surface area contributed by atoms with Crippen LogP contribution in [0, 0.1) is 5.92 Å². The van der Waals surface area contributed by atoms with Crippen LogP contribution in [-0.2, 0) is 0 Å². The lowest BCUT2D eigenvalue weighted by molar-refractivity contribution is -0.174. The largest absolute Gasteiger partial charge is 0.467 e. The van der Waals surface area contributed by atoms with Crippen LogP contribution >= 0.6 is 11.6 Å². The molecule has 10 heteroatoms. The number of amides is 1. The number of aromatic nitrogens is 2. The van der Waals surface area contributed by atoms with Gasteiger partial charge in [-0.1, -0.05) is 25.4 Å². The van der Waals surface area contributed by atoms with Gasteiger partial charge in [-0.2, -0.15) is 18.3 Å². The van der Waals surface area contributed by atoms with Gasteiger partial charge in [-0.3, -0.25) is 4.79 Å². The van der Waals surface area contributed by atoms with Gasteiger partial charge in [0, 0.05) is 13.0 Å². The maximum Gasteiger partial charge on any atom is 0.410 e. The highest BCUT2D eigenvalue weighted by Crippen LogP contribution is 2.46. The number of anilines is 1. The Hall–Kier alpha value is -2.16. The molecule has 0 bridgehead atoms. The minimum atomic E-state index is -4.55. The Bertz CT molecular complexity index is 786. The van der Waals surface area contributed by atoms with Gasteiger partial charge >= 0.3 is 6.18 Å². The van der Waals surface area contributed by atoms with Crippen LogP contribution in [0.25, 0.3) is 0 Å². The zero-order chi connectivity index (χ0) is 19.1. The van der Waals surface area contributed by atoms with Crippen LogP contribution in [0.1, 0.15) is 48.6 Å². The highest BCUT2D eigenvalue weighted by Gasteiger charge is 2.48. The minimum Gasteiger partial charge on any atom is -0.467 e. The van der Waals surface area contributed by atoms with Crippen LogP contribution < -0.4 is 10.6 Å². The number of rotatable bonds is 4. The fraction of sp³-hybridized carbons (Fsp3) is 0.500. The molecular weight excluding hydrogens is 373 g/mol. The van der Waals surface area contributed by atoms with Gasteiger partial charge in [0.15, 0.2) is 11.7 Å². The van der Waals surface area contributed by atoms with Gasteiger partial charge in [0.2, 0.25) is 0 Å². The summed E-state index contributed by atoms with van der Waals surface area (Å²) < 4.78 is 46.7. The molecule has 0 radical (unpaired) electrons. The molecule has 1 aliphatic heterocycles. The van der Waals surface area contributed by atoms with Crippen molar-refractivity contribution in [3.63, 3.8) is 0 Å². The first-order valence-corrected chi connectivity index (χ1v) is 8.49.